The molecule has 2 aliphatic rings. The number of amides is 1. The molecule has 0 N–H and O–H groups in total. The Bertz CT molecular complexity index is 772. The van der Waals surface area contributed by atoms with E-state index in [1.54, 1.807) is 19.5 Å². The Morgan fingerprint density at radius 1 is 1.08 bits per heavy atom. The van der Waals surface area contributed by atoms with E-state index in [1.807, 2.05) is 23.1 Å². The second kappa shape index (κ2) is 7.29. The number of anilines is 2. The van der Waals surface area contributed by atoms with E-state index in [2.05, 4.69) is 25.8 Å². The molecule has 7 nitrogen and oxygen atoms in total. The first kappa shape index (κ1) is 16.8. The zero-order valence-electron chi connectivity index (χ0n) is 15.0. The van der Waals surface area contributed by atoms with Gasteiger partial charge in [0, 0.05) is 38.4 Å². The first-order valence-electron chi connectivity index (χ1n) is 8.96. The quantitative estimate of drug-likeness (QED) is 0.823. The van der Waals surface area contributed by atoms with Crippen LogP contribution in [0.1, 0.15) is 5.56 Å². The van der Waals surface area contributed by atoms with Gasteiger partial charge in [-0.1, -0.05) is 18.2 Å². The molecule has 0 saturated carbocycles. The third kappa shape index (κ3) is 3.35. The van der Waals surface area contributed by atoms with E-state index < -0.39 is 0 Å². The van der Waals surface area contributed by atoms with E-state index in [4.69, 9.17) is 4.74 Å². The molecule has 1 amide bonds. The van der Waals surface area contributed by atoms with Crippen molar-refractivity contribution in [2.24, 2.45) is 0 Å². The first-order chi connectivity index (χ1) is 12.7. The van der Waals surface area contributed by atoms with Gasteiger partial charge in [0.1, 0.15) is 0 Å². The molecule has 3 heterocycles. The predicted octanol–water partition coefficient (Wildman–Crippen LogP) is 1.20. The number of rotatable bonds is 4. The van der Waals surface area contributed by atoms with Gasteiger partial charge in [0.2, 0.25) is 11.9 Å². The fourth-order valence-corrected chi connectivity index (χ4v) is 3.56. The van der Waals surface area contributed by atoms with Crippen LogP contribution >= 0.6 is 0 Å². The van der Waals surface area contributed by atoms with Gasteiger partial charge in [-0.05, 0) is 18.1 Å². The third-order valence-electron chi connectivity index (χ3n) is 5.05. The number of hydrogen-bond acceptors (Lipinski definition) is 6. The predicted molar refractivity (Wildman–Crippen MR) is 99.7 cm³/mol. The minimum atomic E-state index is 0.184. The molecule has 1 aromatic carbocycles. The average Bonchev–Trinajstić information content (AvgIpc) is 3.13. The lowest BCUT2D eigenvalue weighted by Gasteiger charge is -2.35. The van der Waals surface area contributed by atoms with Crippen molar-refractivity contribution < 1.29 is 9.53 Å². The van der Waals surface area contributed by atoms with Crippen LogP contribution in [0.15, 0.2) is 36.7 Å². The fourth-order valence-electron chi connectivity index (χ4n) is 3.56. The number of carbonyl (C=O) groups excluding carboxylic acids is 1. The normalized spacial score (nSPS) is 17.3. The minimum Gasteiger partial charge on any atom is -0.494 e. The molecule has 4 rings (SSSR count). The van der Waals surface area contributed by atoms with Crippen LogP contribution < -0.4 is 14.5 Å². The van der Waals surface area contributed by atoms with Gasteiger partial charge in [-0.3, -0.25) is 9.69 Å². The van der Waals surface area contributed by atoms with Gasteiger partial charge in [0.15, 0.2) is 5.75 Å². The molecule has 7 heteroatoms. The van der Waals surface area contributed by atoms with E-state index in [0.29, 0.717) is 18.2 Å². The lowest BCUT2D eigenvalue weighted by Crippen LogP contribution is -2.50. The number of fused-ring (bicyclic) bond motifs is 1. The van der Waals surface area contributed by atoms with Crippen molar-refractivity contribution in [2.45, 2.75) is 6.42 Å². The molecule has 0 spiro atoms. The highest BCUT2D eigenvalue weighted by atomic mass is 16.5. The Morgan fingerprint density at radius 2 is 1.81 bits per heavy atom. The standard InChI is InChI=1S/C19H23N5O2/c1-26-16-12-20-19(21-13-16)23-10-8-22(9-11-23)14-18(25)24-7-6-15-4-2-3-5-17(15)24/h2-5,12-13H,6-11,14H2,1H3. The summed E-state index contributed by atoms with van der Waals surface area (Å²) in [5.74, 6) is 1.55. The molecule has 136 valence electrons. The SMILES string of the molecule is COc1cnc(N2CCN(CC(=O)N3CCc4ccccc43)CC2)nc1. The second-order valence-electron chi connectivity index (χ2n) is 6.61. The maximum absolute atomic E-state index is 12.7. The topological polar surface area (TPSA) is 61.8 Å². The lowest BCUT2D eigenvalue weighted by molar-refractivity contribution is -0.119. The molecular formula is C19H23N5O2. The Morgan fingerprint density at radius 3 is 2.54 bits per heavy atom. The number of carbonyl (C=O) groups is 1. The number of ether oxygens (including phenoxy) is 1. The van der Waals surface area contributed by atoms with E-state index in [9.17, 15) is 4.79 Å². The summed E-state index contributed by atoms with van der Waals surface area (Å²) in [6.45, 7) is 4.54. The largest absolute Gasteiger partial charge is 0.494 e. The third-order valence-corrected chi connectivity index (χ3v) is 5.05. The summed E-state index contributed by atoms with van der Waals surface area (Å²) >= 11 is 0. The number of piperazine rings is 1. The van der Waals surface area contributed by atoms with Crippen molar-refractivity contribution in [3.05, 3.63) is 42.2 Å². The monoisotopic (exact) mass is 353 g/mol. The summed E-state index contributed by atoms with van der Waals surface area (Å²) in [7, 11) is 1.60. The fraction of sp³-hybridized carbons (Fsp3) is 0.421. The van der Waals surface area contributed by atoms with Crippen molar-refractivity contribution >= 4 is 17.5 Å². The molecule has 26 heavy (non-hydrogen) atoms. The molecule has 0 bridgehead atoms. The summed E-state index contributed by atoms with van der Waals surface area (Å²) < 4.78 is 5.10. The lowest BCUT2D eigenvalue weighted by atomic mass is 10.2. The highest BCUT2D eigenvalue weighted by Gasteiger charge is 2.27. The van der Waals surface area contributed by atoms with Gasteiger partial charge in [-0.15, -0.1) is 0 Å². The smallest absolute Gasteiger partial charge is 0.241 e. The molecule has 1 aromatic heterocycles. The van der Waals surface area contributed by atoms with Gasteiger partial charge in [0.25, 0.3) is 0 Å². The number of para-hydroxylation sites is 1. The zero-order valence-corrected chi connectivity index (χ0v) is 15.0. The van der Waals surface area contributed by atoms with Crippen molar-refractivity contribution in [3.8, 4) is 5.75 Å². The van der Waals surface area contributed by atoms with E-state index in [1.165, 1.54) is 5.56 Å². The minimum absolute atomic E-state index is 0.184. The van der Waals surface area contributed by atoms with Crippen LogP contribution in [0.5, 0.6) is 5.75 Å². The zero-order chi connectivity index (χ0) is 17.9. The summed E-state index contributed by atoms with van der Waals surface area (Å²) in [6.07, 6.45) is 4.32. The summed E-state index contributed by atoms with van der Waals surface area (Å²) in [5, 5.41) is 0. The van der Waals surface area contributed by atoms with Crippen molar-refractivity contribution in [1.29, 1.82) is 0 Å². The molecular weight excluding hydrogens is 330 g/mol. The van der Waals surface area contributed by atoms with Crippen LogP contribution in [0, 0.1) is 0 Å². The number of aromatic nitrogens is 2. The van der Waals surface area contributed by atoms with Gasteiger partial charge in [-0.25, -0.2) is 9.97 Å². The maximum Gasteiger partial charge on any atom is 0.241 e. The van der Waals surface area contributed by atoms with Crippen molar-refractivity contribution in [2.75, 3.05) is 56.2 Å². The highest BCUT2D eigenvalue weighted by Crippen LogP contribution is 2.27. The van der Waals surface area contributed by atoms with Crippen molar-refractivity contribution in [3.63, 3.8) is 0 Å². The number of methoxy groups -OCH3 is 1. The van der Waals surface area contributed by atoms with Gasteiger partial charge >= 0.3 is 0 Å². The molecule has 0 aliphatic carbocycles. The highest BCUT2D eigenvalue weighted by molar-refractivity contribution is 5.96. The van der Waals surface area contributed by atoms with Gasteiger partial charge in [0.05, 0.1) is 26.0 Å². The van der Waals surface area contributed by atoms with Crippen LogP contribution in [0.4, 0.5) is 11.6 Å². The maximum atomic E-state index is 12.7. The summed E-state index contributed by atoms with van der Waals surface area (Å²) in [6, 6.07) is 8.18. The summed E-state index contributed by atoms with van der Waals surface area (Å²) in [4.78, 5) is 27.7. The van der Waals surface area contributed by atoms with Crippen LogP contribution in [0.2, 0.25) is 0 Å². The molecule has 0 atom stereocenters. The molecule has 2 aliphatic heterocycles. The molecule has 2 aromatic rings. The summed E-state index contributed by atoms with van der Waals surface area (Å²) in [5.41, 5.74) is 2.34. The number of benzene rings is 1. The Hall–Kier alpha value is -2.67. The van der Waals surface area contributed by atoms with Gasteiger partial charge in [-0.2, -0.15) is 0 Å². The van der Waals surface area contributed by atoms with E-state index in [0.717, 1.165) is 44.8 Å². The van der Waals surface area contributed by atoms with E-state index in [-0.39, 0.29) is 5.91 Å². The molecule has 0 radical (unpaired) electrons. The Labute approximate surface area is 153 Å². The number of hydrogen-bond donors (Lipinski definition) is 0. The average molecular weight is 353 g/mol. The van der Waals surface area contributed by atoms with Crippen LogP contribution in [0.25, 0.3) is 0 Å². The molecule has 0 unspecified atom stereocenters. The van der Waals surface area contributed by atoms with Crippen LogP contribution in [-0.4, -0.2) is 67.2 Å². The molecule has 1 fully saturated rings. The molecule has 1 saturated heterocycles. The second-order valence-corrected chi connectivity index (χ2v) is 6.61. The Balaban J connectivity index is 1.32. The van der Waals surface area contributed by atoms with Crippen LogP contribution in [-0.2, 0) is 11.2 Å². The van der Waals surface area contributed by atoms with Gasteiger partial charge < -0.3 is 14.5 Å². The first-order valence-corrected chi connectivity index (χ1v) is 8.96. The van der Waals surface area contributed by atoms with Crippen molar-refractivity contribution in [1.82, 2.24) is 14.9 Å². The van der Waals surface area contributed by atoms with Crippen LogP contribution in [0.3, 0.4) is 0 Å². The number of nitrogens with zero attached hydrogens (tertiary/aromatic N) is 5. The van der Waals surface area contributed by atoms with E-state index >= 15 is 0 Å². The Kier molecular flexibility index (Phi) is 4.71.